The summed E-state index contributed by atoms with van der Waals surface area (Å²) in [5.41, 5.74) is 0.108. The van der Waals surface area contributed by atoms with Gasteiger partial charge in [-0.3, -0.25) is 4.79 Å². The van der Waals surface area contributed by atoms with E-state index in [1.165, 1.54) is 18.6 Å². The third kappa shape index (κ3) is 3.45. The molecule has 0 spiro atoms. The van der Waals surface area contributed by atoms with E-state index in [4.69, 9.17) is 0 Å². The molecule has 1 aromatic carbocycles. The van der Waals surface area contributed by atoms with Crippen molar-refractivity contribution in [3.8, 4) is 0 Å². The van der Waals surface area contributed by atoms with Gasteiger partial charge in [0.15, 0.2) is 0 Å². The van der Waals surface area contributed by atoms with Crippen molar-refractivity contribution in [2.75, 3.05) is 12.3 Å². The predicted molar refractivity (Wildman–Crippen MR) is 71.9 cm³/mol. The van der Waals surface area contributed by atoms with E-state index in [-0.39, 0.29) is 11.5 Å². The Morgan fingerprint density at radius 3 is 3.06 bits per heavy atom. The zero-order chi connectivity index (χ0) is 12.3. The van der Waals surface area contributed by atoms with Crippen molar-refractivity contribution in [3.05, 3.63) is 34.1 Å². The maximum absolute atomic E-state index is 13.5. The average molecular weight is 318 g/mol. The number of hydrogen-bond donors (Lipinski definition) is 1. The first-order valence-corrected chi connectivity index (χ1v) is 7.36. The second-order valence-electron chi connectivity index (χ2n) is 3.97. The molecule has 1 aromatic rings. The van der Waals surface area contributed by atoms with E-state index in [2.05, 4.69) is 21.2 Å². The summed E-state index contributed by atoms with van der Waals surface area (Å²) in [6.45, 7) is 0.624. The van der Waals surface area contributed by atoms with E-state index in [9.17, 15) is 9.18 Å². The van der Waals surface area contributed by atoms with Crippen molar-refractivity contribution in [1.29, 1.82) is 0 Å². The molecule has 0 aromatic heterocycles. The third-order valence-corrected chi connectivity index (χ3v) is 4.58. The van der Waals surface area contributed by atoms with Gasteiger partial charge in [-0.2, -0.15) is 11.8 Å². The van der Waals surface area contributed by atoms with Crippen LogP contribution in [0.1, 0.15) is 23.2 Å². The van der Waals surface area contributed by atoms with Crippen LogP contribution < -0.4 is 5.32 Å². The van der Waals surface area contributed by atoms with Gasteiger partial charge in [-0.25, -0.2) is 4.39 Å². The van der Waals surface area contributed by atoms with Gasteiger partial charge in [0.1, 0.15) is 5.82 Å². The van der Waals surface area contributed by atoms with Gasteiger partial charge in [0.25, 0.3) is 5.91 Å². The van der Waals surface area contributed by atoms with E-state index >= 15 is 0 Å². The highest BCUT2D eigenvalue weighted by molar-refractivity contribution is 9.10. The molecule has 1 N–H and O–H groups in total. The molecule has 1 unspecified atom stereocenters. The van der Waals surface area contributed by atoms with Crippen LogP contribution in [-0.2, 0) is 0 Å². The minimum atomic E-state index is -0.490. The number of thioether (sulfide) groups is 1. The Morgan fingerprint density at radius 2 is 2.41 bits per heavy atom. The Kier molecular flexibility index (Phi) is 4.45. The molecule has 0 saturated carbocycles. The predicted octanol–water partition coefficient (Wildman–Crippen LogP) is 3.21. The highest BCUT2D eigenvalue weighted by Gasteiger charge is 2.18. The van der Waals surface area contributed by atoms with Crippen LogP contribution in [0.3, 0.4) is 0 Å². The number of benzene rings is 1. The van der Waals surface area contributed by atoms with Crippen molar-refractivity contribution in [2.45, 2.75) is 18.1 Å². The quantitative estimate of drug-likeness (QED) is 0.927. The highest BCUT2D eigenvalue weighted by atomic mass is 79.9. The van der Waals surface area contributed by atoms with Crippen LogP contribution >= 0.6 is 27.7 Å². The summed E-state index contributed by atoms with van der Waals surface area (Å²) in [6, 6.07) is 4.47. The van der Waals surface area contributed by atoms with Crippen LogP contribution in [0.2, 0.25) is 0 Å². The lowest BCUT2D eigenvalue weighted by Gasteiger charge is -2.10. The van der Waals surface area contributed by atoms with Crippen LogP contribution in [0.15, 0.2) is 22.7 Å². The Balaban J connectivity index is 1.94. The first-order valence-electron chi connectivity index (χ1n) is 5.51. The molecular formula is C12H13BrFNOS. The monoisotopic (exact) mass is 317 g/mol. The molecule has 1 fully saturated rings. The van der Waals surface area contributed by atoms with Gasteiger partial charge in [0, 0.05) is 16.3 Å². The van der Waals surface area contributed by atoms with Crippen LogP contribution in [-0.4, -0.2) is 23.5 Å². The zero-order valence-electron chi connectivity index (χ0n) is 9.21. The fourth-order valence-electron chi connectivity index (χ4n) is 1.78. The smallest absolute Gasteiger partial charge is 0.254 e. The lowest BCUT2D eigenvalue weighted by atomic mass is 10.2. The van der Waals surface area contributed by atoms with Crippen molar-refractivity contribution in [1.82, 2.24) is 5.32 Å². The second kappa shape index (κ2) is 5.87. The maximum atomic E-state index is 13.5. The summed E-state index contributed by atoms with van der Waals surface area (Å²) < 4.78 is 14.1. The summed E-state index contributed by atoms with van der Waals surface area (Å²) in [5.74, 6) is 0.339. The van der Waals surface area contributed by atoms with E-state index < -0.39 is 5.82 Å². The molecule has 1 aliphatic rings. The van der Waals surface area contributed by atoms with Gasteiger partial charge in [0.05, 0.1) is 5.56 Å². The van der Waals surface area contributed by atoms with Crippen molar-refractivity contribution in [3.63, 3.8) is 0 Å². The minimum absolute atomic E-state index is 0.108. The summed E-state index contributed by atoms with van der Waals surface area (Å²) in [6.07, 6.45) is 2.34. The number of carbonyl (C=O) groups is 1. The van der Waals surface area contributed by atoms with E-state index in [1.807, 2.05) is 11.8 Å². The van der Waals surface area contributed by atoms with Gasteiger partial charge < -0.3 is 5.32 Å². The molecule has 92 valence electrons. The number of halogens is 2. The molecule has 0 aliphatic carbocycles. The molecule has 5 heteroatoms. The van der Waals surface area contributed by atoms with Gasteiger partial charge in [0.2, 0.25) is 0 Å². The van der Waals surface area contributed by atoms with Gasteiger partial charge in [-0.1, -0.05) is 15.9 Å². The van der Waals surface area contributed by atoms with Crippen molar-refractivity contribution < 1.29 is 9.18 Å². The topological polar surface area (TPSA) is 29.1 Å². The number of hydrogen-bond acceptors (Lipinski definition) is 2. The number of nitrogens with one attached hydrogen (secondary N) is 1. The van der Waals surface area contributed by atoms with Gasteiger partial charge in [-0.05, 0) is 36.8 Å². The molecular weight excluding hydrogens is 305 g/mol. The molecule has 1 aliphatic heterocycles. The standard InChI is InChI=1S/C12H13BrFNOS/c13-8-3-4-10(11(14)6-8)12(16)15-7-9-2-1-5-17-9/h3-4,6,9H,1-2,5,7H2,(H,15,16). The molecule has 2 rings (SSSR count). The molecule has 0 bridgehead atoms. The van der Waals surface area contributed by atoms with Crippen LogP contribution in [0.5, 0.6) is 0 Å². The molecule has 2 nitrogen and oxygen atoms in total. The summed E-state index contributed by atoms with van der Waals surface area (Å²) in [4.78, 5) is 11.8. The Bertz CT molecular complexity index is 421. The lowest BCUT2D eigenvalue weighted by Crippen LogP contribution is -2.30. The normalized spacial score (nSPS) is 19.3. The summed E-state index contributed by atoms with van der Waals surface area (Å²) in [7, 11) is 0. The SMILES string of the molecule is O=C(NCC1CCCS1)c1ccc(Br)cc1F. The first kappa shape index (κ1) is 12.9. The Labute approximate surface area is 112 Å². The third-order valence-electron chi connectivity index (χ3n) is 2.69. The molecule has 17 heavy (non-hydrogen) atoms. The maximum Gasteiger partial charge on any atom is 0.254 e. The van der Waals surface area contributed by atoms with Crippen LogP contribution in [0.25, 0.3) is 0 Å². The largest absolute Gasteiger partial charge is 0.351 e. The minimum Gasteiger partial charge on any atom is -0.351 e. The second-order valence-corrected chi connectivity index (χ2v) is 6.29. The molecule has 1 amide bonds. The zero-order valence-corrected chi connectivity index (χ0v) is 11.6. The fourth-order valence-corrected chi connectivity index (χ4v) is 3.32. The van der Waals surface area contributed by atoms with Crippen molar-refractivity contribution >= 4 is 33.6 Å². The molecule has 1 saturated heterocycles. The van der Waals surface area contributed by atoms with Crippen LogP contribution in [0, 0.1) is 5.82 Å². The van der Waals surface area contributed by atoms with Gasteiger partial charge in [-0.15, -0.1) is 0 Å². The average Bonchev–Trinajstić information content (AvgIpc) is 2.78. The highest BCUT2D eigenvalue weighted by Crippen LogP contribution is 2.25. The molecule has 1 heterocycles. The summed E-state index contributed by atoms with van der Waals surface area (Å²) >= 11 is 5.03. The van der Waals surface area contributed by atoms with E-state index in [1.54, 1.807) is 6.07 Å². The Hall–Kier alpha value is -0.550. The van der Waals surface area contributed by atoms with Gasteiger partial charge >= 0.3 is 0 Å². The number of carbonyl (C=O) groups excluding carboxylic acids is 1. The number of rotatable bonds is 3. The fraction of sp³-hybridized carbons (Fsp3) is 0.417. The summed E-state index contributed by atoms with van der Waals surface area (Å²) in [5, 5.41) is 3.27. The van der Waals surface area contributed by atoms with Crippen molar-refractivity contribution in [2.24, 2.45) is 0 Å². The molecule has 0 radical (unpaired) electrons. The van der Waals surface area contributed by atoms with E-state index in [0.29, 0.717) is 16.3 Å². The number of amides is 1. The van der Waals surface area contributed by atoms with E-state index in [0.717, 1.165) is 12.2 Å². The first-order chi connectivity index (χ1) is 8.16. The Morgan fingerprint density at radius 1 is 1.59 bits per heavy atom. The molecule has 1 atom stereocenters. The van der Waals surface area contributed by atoms with Crippen LogP contribution in [0.4, 0.5) is 4.39 Å². The lowest BCUT2D eigenvalue weighted by molar-refractivity contribution is 0.0949.